The van der Waals surface area contributed by atoms with E-state index in [1.807, 2.05) is 36.4 Å². The van der Waals surface area contributed by atoms with E-state index in [0.29, 0.717) is 0 Å². The van der Waals surface area contributed by atoms with E-state index in [1.54, 1.807) is 0 Å². The highest BCUT2D eigenvalue weighted by Gasteiger charge is 2.17. The second-order valence-electron chi connectivity index (χ2n) is 4.16. The Morgan fingerprint density at radius 2 is 1.94 bits per heavy atom. The number of aryl methyl sites for hydroxylation is 1. The summed E-state index contributed by atoms with van der Waals surface area (Å²) in [6, 6.07) is 11.3. The number of nitrogens with zero attached hydrogens (tertiary/aromatic N) is 1. The standard InChI is InChI=1S/C14H15NO2/c1-2-3-6-12-10-9-11-7-4-5-8-13(11)14(12)15(16)17/h4-5,7-10H,2-3,6H2,1H3. The number of fused-ring (bicyclic) bond motifs is 1. The van der Waals surface area contributed by atoms with Crippen molar-refractivity contribution in [2.75, 3.05) is 0 Å². The van der Waals surface area contributed by atoms with Crippen molar-refractivity contribution >= 4 is 16.5 Å². The Kier molecular flexibility index (Phi) is 3.38. The van der Waals surface area contributed by atoms with Crippen LogP contribution in [0.2, 0.25) is 0 Å². The highest BCUT2D eigenvalue weighted by molar-refractivity contribution is 5.92. The summed E-state index contributed by atoms with van der Waals surface area (Å²) in [5.74, 6) is 0. The van der Waals surface area contributed by atoms with Crippen molar-refractivity contribution in [3.63, 3.8) is 0 Å². The topological polar surface area (TPSA) is 43.1 Å². The molecule has 0 saturated carbocycles. The molecule has 3 nitrogen and oxygen atoms in total. The maximum absolute atomic E-state index is 11.2. The molecule has 0 saturated heterocycles. The molecule has 0 aromatic heterocycles. The van der Waals surface area contributed by atoms with Crippen LogP contribution in [0.5, 0.6) is 0 Å². The van der Waals surface area contributed by atoms with Gasteiger partial charge >= 0.3 is 0 Å². The maximum atomic E-state index is 11.2. The quantitative estimate of drug-likeness (QED) is 0.585. The Balaban J connectivity index is 2.60. The molecule has 2 aromatic rings. The molecule has 0 amide bonds. The lowest BCUT2D eigenvalue weighted by atomic mass is 10.0. The second-order valence-corrected chi connectivity index (χ2v) is 4.16. The fourth-order valence-corrected chi connectivity index (χ4v) is 2.08. The van der Waals surface area contributed by atoms with Crippen LogP contribution in [0.25, 0.3) is 10.8 Å². The van der Waals surface area contributed by atoms with Crippen molar-refractivity contribution in [1.82, 2.24) is 0 Å². The van der Waals surface area contributed by atoms with Crippen molar-refractivity contribution in [3.05, 3.63) is 52.1 Å². The number of hydrogen-bond acceptors (Lipinski definition) is 2. The lowest BCUT2D eigenvalue weighted by molar-refractivity contribution is -0.383. The number of hydrogen-bond donors (Lipinski definition) is 0. The Bertz CT molecular complexity index is 549. The molecule has 0 unspecified atom stereocenters. The summed E-state index contributed by atoms with van der Waals surface area (Å²) >= 11 is 0. The predicted octanol–water partition coefficient (Wildman–Crippen LogP) is 4.09. The zero-order chi connectivity index (χ0) is 12.3. The molecule has 3 heteroatoms. The first kappa shape index (κ1) is 11.6. The number of rotatable bonds is 4. The van der Waals surface area contributed by atoms with Gasteiger partial charge in [-0.3, -0.25) is 10.1 Å². The van der Waals surface area contributed by atoms with Crippen LogP contribution in [0, 0.1) is 10.1 Å². The molecule has 0 radical (unpaired) electrons. The van der Waals surface area contributed by atoms with Crippen LogP contribution in [0.1, 0.15) is 25.3 Å². The lowest BCUT2D eigenvalue weighted by Crippen LogP contribution is -1.97. The summed E-state index contributed by atoms with van der Waals surface area (Å²) in [5, 5.41) is 12.9. The zero-order valence-corrected chi connectivity index (χ0v) is 9.85. The first-order valence-electron chi connectivity index (χ1n) is 5.89. The molecule has 0 fully saturated rings. The molecule has 0 bridgehead atoms. The third kappa shape index (κ3) is 2.28. The first-order valence-corrected chi connectivity index (χ1v) is 5.89. The summed E-state index contributed by atoms with van der Waals surface area (Å²) in [4.78, 5) is 10.9. The van der Waals surface area contributed by atoms with Gasteiger partial charge in [-0.05, 0) is 24.3 Å². The fraction of sp³-hybridized carbons (Fsp3) is 0.286. The van der Waals surface area contributed by atoms with E-state index >= 15 is 0 Å². The highest BCUT2D eigenvalue weighted by Crippen LogP contribution is 2.30. The van der Waals surface area contributed by atoms with E-state index in [0.717, 1.165) is 35.6 Å². The average Bonchev–Trinajstić information content (AvgIpc) is 2.35. The Hall–Kier alpha value is -1.90. The van der Waals surface area contributed by atoms with E-state index in [1.165, 1.54) is 0 Å². The zero-order valence-electron chi connectivity index (χ0n) is 9.85. The van der Waals surface area contributed by atoms with Gasteiger partial charge in [0.2, 0.25) is 0 Å². The van der Waals surface area contributed by atoms with E-state index in [-0.39, 0.29) is 10.6 Å². The van der Waals surface area contributed by atoms with Gasteiger partial charge in [0.15, 0.2) is 0 Å². The van der Waals surface area contributed by atoms with Gasteiger partial charge in [-0.25, -0.2) is 0 Å². The molecule has 0 aliphatic carbocycles. The van der Waals surface area contributed by atoms with Crippen molar-refractivity contribution < 1.29 is 4.92 Å². The minimum atomic E-state index is -0.257. The second kappa shape index (κ2) is 4.95. The molecule has 2 aromatic carbocycles. The predicted molar refractivity (Wildman–Crippen MR) is 69.2 cm³/mol. The summed E-state index contributed by atoms with van der Waals surface area (Å²) in [7, 11) is 0. The van der Waals surface area contributed by atoms with Crippen LogP contribution in [-0.4, -0.2) is 4.92 Å². The first-order chi connectivity index (χ1) is 8.24. The summed E-state index contributed by atoms with van der Waals surface area (Å²) in [6.45, 7) is 2.09. The van der Waals surface area contributed by atoms with Crippen LogP contribution in [-0.2, 0) is 6.42 Å². The fourth-order valence-electron chi connectivity index (χ4n) is 2.08. The van der Waals surface area contributed by atoms with Gasteiger partial charge in [-0.1, -0.05) is 43.7 Å². The van der Waals surface area contributed by atoms with Gasteiger partial charge in [-0.15, -0.1) is 0 Å². The van der Waals surface area contributed by atoms with Gasteiger partial charge in [0.25, 0.3) is 5.69 Å². The molecule has 17 heavy (non-hydrogen) atoms. The SMILES string of the molecule is CCCCc1ccc2ccccc2c1[N+](=O)[O-]. The number of nitro groups is 1. The largest absolute Gasteiger partial charge is 0.280 e. The minimum absolute atomic E-state index is 0.257. The normalized spacial score (nSPS) is 10.6. The molecule has 0 aliphatic rings. The van der Waals surface area contributed by atoms with E-state index in [2.05, 4.69) is 6.92 Å². The molecule has 0 aliphatic heterocycles. The maximum Gasteiger partial charge on any atom is 0.280 e. The van der Waals surface area contributed by atoms with Gasteiger partial charge in [0, 0.05) is 5.56 Å². The van der Waals surface area contributed by atoms with Crippen LogP contribution < -0.4 is 0 Å². The Morgan fingerprint density at radius 3 is 2.65 bits per heavy atom. The highest BCUT2D eigenvalue weighted by atomic mass is 16.6. The molecule has 88 valence electrons. The third-order valence-corrected chi connectivity index (χ3v) is 2.97. The van der Waals surface area contributed by atoms with E-state index < -0.39 is 0 Å². The lowest BCUT2D eigenvalue weighted by Gasteiger charge is -2.05. The van der Waals surface area contributed by atoms with Crippen LogP contribution in [0.15, 0.2) is 36.4 Å². The van der Waals surface area contributed by atoms with Gasteiger partial charge in [-0.2, -0.15) is 0 Å². The van der Waals surface area contributed by atoms with Crippen molar-refractivity contribution in [3.8, 4) is 0 Å². The summed E-state index contributed by atoms with van der Waals surface area (Å²) < 4.78 is 0. The van der Waals surface area contributed by atoms with Crippen molar-refractivity contribution in [1.29, 1.82) is 0 Å². The van der Waals surface area contributed by atoms with Crippen LogP contribution in [0.3, 0.4) is 0 Å². The average molecular weight is 229 g/mol. The molecular formula is C14H15NO2. The van der Waals surface area contributed by atoms with Crippen molar-refractivity contribution in [2.45, 2.75) is 26.2 Å². The number of benzene rings is 2. The van der Waals surface area contributed by atoms with Gasteiger partial charge in [0.05, 0.1) is 10.3 Å². The molecule has 0 N–H and O–H groups in total. The van der Waals surface area contributed by atoms with Gasteiger partial charge in [0.1, 0.15) is 0 Å². The minimum Gasteiger partial charge on any atom is -0.258 e. The van der Waals surface area contributed by atoms with E-state index in [9.17, 15) is 10.1 Å². The molecular weight excluding hydrogens is 214 g/mol. The van der Waals surface area contributed by atoms with Crippen molar-refractivity contribution in [2.24, 2.45) is 0 Å². The smallest absolute Gasteiger partial charge is 0.258 e. The number of nitro benzene ring substituents is 1. The number of unbranched alkanes of at least 4 members (excludes halogenated alkanes) is 1. The summed E-state index contributed by atoms with van der Waals surface area (Å²) in [5.41, 5.74) is 1.12. The Labute approximate surface area is 100 Å². The Morgan fingerprint density at radius 1 is 1.18 bits per heavy atom. The molecule has 0 spiro atoms. The molecule has 0 heterocycles. The van der Waals surface area contributed by atoms with Gasteiger partial charge < -0.3 is 0 Å². The summed E-state index contributed by atoms with van der Waals surface area (Å²) in [6.07, 6.45) is 2.81. The van der Waals surface area contributed by atoms with Crippen LogP contribution >= 0.6 is 0 Å². The monoisotopic (exact) mass is 229 g/mol. The molecule has 0 atom stereocenters. The third-order valence-electron chi connectivity index (χ3n) is 2.97. The van der Waals surface area contributed by atoms with Crippen LogP contribution in [0.4, 0.5) is 5.69 Å². The van der Waals surface area contributed by atoms with E-state index in [4.69, 9.17) is 0 Å². The molecule has 2 rings (SSSR count).